The highest BCUT2D eigenvalue weighted by Crippen LogP contribution is 2.23. The molecule has 0 spiro atoms. The van der Waals surface area contributed by atoms with Crippen LogP contribution in [0.1, 0.15) is 27.2 Å². The van der Waals surface area contributed by atoms with Gasteiger partial charge in [-0.05, 0) is 20.8 Å². The lowest BCUT2D eigenvalue weighted by Crippen LogP contribution is -2.55. The standard InChI is InChI=1S/C13H24N2O/c1-11-9-12(10-16-11)14-5-7-15(8-6-14)13(2,3)4/h12H,1,5-10H2,2-4H3. The molecule has 2 rings (SSSR count). The second-order valence-corrected chi connectivity index (χ2v) is 5.90. The van der Waals surface area contributed by atoms with Gasteiger partial charge in [-0.1, -0.05) is 6.58 Å². The van der Waals surface area contributed by atoms with Crippen molar-refractivity contribution in [1.29, 1.82) is 0 Å². The molecule has 16 heavy (non-hydrogen) atoms. The highest BCUT2D eigenvalue weighted by Gasteiger charge is 2.31. The summed E-state index contributed by atoms with van der Waals surface area (Å²) < 4.78 is 5.46. The van der Waals surface area contributed by atoms with Gasteiger partial charge in [-0.15, -0.1) is 0 Å². The maximum Gasteiger partial charge on any atom is 0.104 e. The van der Waals surface area contributed by atoms with Crippen LogP contribution < -0.4 is 0 Å². The Hall–Kier alpha value is -0.540. The monoisotopic (exact) mass is 224 g/mol. The molecule has 3 heteroatoms. The van der Waals surface area contributed by atoms with Crippen molar-refractivity contribution in [3.05, 3.63) is 12.3 Å². The van der Waals surface area contributed by atoms with Crippen molar-refractivity contribution < 1.29 is 4.74 Å². The van der Waals surface area contributed by atoms with Crippen molar-refractivity contribution in [1.82, 2.24) is 9.80 Å². The summed E-state index contributed by atoms with van der Waals surface area (Å²) in [4.78, 5) is 5.12. The Bertz CT molecular complexity index is 262. The predicted molar refractivity (Wildman–Crippen MR) is 66.4 cm³/mol. The summed E-state index contributed by atoms with van der Waals surface area (Å²) in [6.45, 7) is 16.3. The van der Waals surface area contributed by atoms with Gasteiger partial charge >= 0.3 is 0 Å². The van der Waals surface area contributed by atoms with Crippen molar-refractivity contribution >= 4 is 0 Å². The molecule has 2 heterocycles. The maximum atomic E-state index is 5.46. The lowest BCUT2D eigenvalue weighted by atomic mass is 10.0. The smallest absolute Gasteiger partial charge is 0.104 e. The minimum absolute atomic E-state index is 0.307. The van der Waals surface area contributed by atoms with Gasteiger partial charge in [-0.2, -0.15) is 0 Å². The van der Waals surface area contributed by atoms with Crippen molar-refractivity contribution in [3.8, 4) is 0 Å². The molecule has 3 nitrogen and oxygen atoms in total. The van der Waals surface area contributed by atoms with E-state index in [1.54, 1.807) is 0 Å². The van der Waals surface area contributed by atoms with Crippen LogP contribution in [-0.4, -0.2) is 54.2 Å². The molecule has 2 aliphatic heterocycles. The van der Waals surface area contributed by atoms with E-state index in [-0.39, 0.29) is 0 Å². The summed E-state index contributed by atoms with van der Waals surface area (Å²) in [5, 5.41) is 0. The first kappa shape index (κ1) is 11.9. The molecule has 0 aliphatic carbocycles. The molecule has 2 saturated heterocycles. The van der Waals surface area contributed by atoms with Gasteiger partial charge in [0.1, 0.15) is 6.61 Å². The first-order valence-electron chi connectivity index (χ1n) is 6.26. The Labute approximate surface area is 99.1 Å². The minimum Gasteiger partial charge on any atom is -0.497 e. The fraction of sp³-hybridized carbons (Fsp3) is 0.846. The third-order valence-electron chi connectivity index (χ3n) is 3.72. The van der Waals surface area contributed by atoms with Crippen LogP contribution in [0.4, 0.5) is 0 Å². The summed E-state index contributed by atoms with van der Waals surface area (Å²) in [5.74, 6) is 0.961. The van der Waals surface area contributed by atoms with Gasteiger partial charge in [0.05, 0.1) is 11.8 Å². The van der Waals surface area contributed by atoms with Gasteiger partial charge < -0.3 is 4.74 Å². The van der Waals surface area contributed by atoms with Crippen LogP contribution in [0.3, 0.4) is 0 Å². The zero-order valence-corrected chi connectivity index (χ0v) is 10.8. The average molecular weight is 224 g/mol. The third-order valence-corrected chi connectivity index (χ3v) is 3.72. The van der Waals surface area contributed by atoms with E-state index in [9.17, 15) is 0 Å². The maximum absolute atomic E-state index is 5.46. The minimum atomic E-state index is 0.307. The van der Waals surface area contributed by atoms with Crippen LogP contribution in [0.15, 0.2) is 12.3 Å². The topological polar surface area (TPSA) is 15.7 Å². The molecule has 1 atom stereocenters. The lowest BCUT2D eigenvalue weighted by Gasteiger charge is -2.43. The molecule has 0 aromatic rings. The molecule has 0 aromatic carbocycles. The molecular formula is C13H24N2O. The Kier molecular flexibility index (Phi) is 3.27. The first-order chi connectivity index (χ1) is 7.47. The summed E-state index contributed by atoms with van der Waals surface area (Å²) in [7, 11) is 0. The number of nitrogens with zero attached hydrogens (tertiary/aromatic N) is 2. The molecule has 0 radical (unpaired) electrons. The molecule has 0 aromatic heterocycles. The van der Waals surface area contributed by atoms with Crippen molar-refractivity contribution in [2.45, 2.75) is 38.8 Å². The van der Waals surface area contributed by atoms with Crippen molar-refractivity contribution in [3.63, 3.8) is 0 Å². The van der Waals surface area contributed by atoms with E-state index in [2.05, 4.69) is 37.1 Å². The molecule has 0 bridgehead atoms. The molecule has 1 unspecified atom stereocenters. The SMILES string of the molecule is C=C1CC(N2CCN(C(C)(C)C)CC2)CO1. The van der Waals surface area contributed by atoms with Crippen LogP contribution in [-0.2, 0) is 4.74 Å². The van der Waals surface area contributed by atoms with E-state index < -0.39 is 0 Å². The molecule has 2 fully saturated rings. The van der Waals surface area contributed by atoms with E-state index >= 15 is 0 Å². The average Bonchev–Trinajstić information content (AvgIpc) is 2.64. The van der Waals surface area contributed by atoms with Crippen LogP contribution in [0.5, 0.6) is 0 Å². The van der Waals surface area contributed by atoms with Gasteiger partial charge in [0.25, 0.3) is 0 Å². The summed E-state index contributed by atoms with van der Waals surface area (Å²) in [5.41, 5.74) is 0.307. The molecule has 2 aliphatic rings. The Balaban J connectivity index is 1.83. The van der Waals surface area contributed by atoms with Gasteiger partial charge in [-0.3, -0.25) is 9.80 Å². The number of hydrogen-bond donors (Lipinski definition) is 0. The van der Waals surface area contributed by atoms with Gasteiger partial charge in [-0.25, -0.2) is 0 Å². The Morgan fingerprint density at radius 1 is 1.19 bits per heavy atom. The second-order valence-electron chi connectivity index (χ2n) is 5.90. The van der Waals surface area contributed by atoms with Crippen molar-refractivity contribution in [2.75, 3.05) is 32.8 Å². The quantitative estimate of drug-likeness (QED) is 0.674. The molecule has 0 saturated carbocycles. The van der Waals surface area contributed by atoms with Crippen LogP contribution >= 0.6 is 0 Å². The van der Waals surface area contributed by atoms with Gasteiger partial charge in [0.15, 0.2) is 0 Å². The van der Waals surface area contributed by atoms with Crippen LogP contribution in [0.2, 0.25) is 0 Å². The van der Waals surface area contributed by atoms with E-state index in [1.165, 1.54) is 26.2 Å². The van der Waals surface area contributed by atoms with E-state index in [1.807, 2.05) is 0 Å². The third kappa shape index (κ3) is 2.58. The highest BCUT2D eigenvalue weighted by molar-refractivity contribution is 4.97. The van der Waals surface area contributed by atoms with Crippen molar-refractivity contribution in [2.24, 2.45) is 0 Å². The lowest BCUT2D eigenvalue weighted by molar-refractivity contribution is 0.0392. The Morgan fingerprint density at radius 2 is 1.81 bits per heavy atom. The number of ether oxygens (including phenoxy) is 1. The normalized spacial score (nSPS) is 29.4. The Morgan fingerprint density at radius 3 is 2.25 bits per heavy atom. The van der Waals surface area contributed by atoms with Crippen LogP contribution in [0.25, 0.3) is 0 Å². The van der Waals surface area contributed by atoms with E-state index in [0.29, 0.717) is 11.6 Å². The summed E-state index contributed by atoms with van der Waals surface area (Å²) >= 11 is 0. The van der Waals surface area contributed by atoms with E-state index in [0.717, 1.165) is 18.8 Å². The second kappa shape index (κ2) is 4.38. The highest BCUT2D eigenvalue weighted by atomic mass is 16.5. The number of hydrogen-bond acceptors (Lipinski definition) is 3. The largest absolute Gasteiger partial charge is 0.497 e. The van der Waals surface area contributed by atoms with Gasteiger partial charge in [0, 0.05) is 38.1 Å². The number of rotatable bonds is 1. The molecule has 0 amide bonds. The fourth-order valence-electron chi connectivity index (χ4n) is 2.59. The molecule has 0 N–H and O–H groups in total. The molecule has 92 valence electrons. The predicted octanol–water partition coefficient (Wildman–Crippen LogP) is 1.71. The number of piperazine rings is 1. The fourth-order valence-corrected chi connectivity index (χ4v) is 2.59. The van der Waals surface area contributed by atoms with Gasteiger partial charge in [0.2, 0.25) is 0 Å². The summed E-state index contributed by atoms with van der Waals surface area (Å²) in [6.07, 6.45) is 1.02. The summed E-state index contributed by atoms with van der Waals surface area (Å²) in [6, 6.07) is 0.578. The van der Waals surface area contributed by atoms with Crippen LogP contribution in [0, 0.1) is 0 Å². The molecular weight excluding hydrogens is 200 g/mol. The zero-order valence-electron chi connectivity index (χ0n) is 10.8. The van der Waals surface area contributed by atoms with E-state index in [4.69, 9.17) is 4.74 Å². The first-order valence-corrected chi connectivity index (χ1v) is 6.26. The zero-order chi connectivity index (χ0) is 11.8.